The molecule has 20 heavy (non-hydrogen) atoms. The molecule has 1 heterocycles. The van der Waals surface area contributed by atoms with E-state index in [1.165, 1.54) is 31.8 Å². The zero-order chi connectivity index (χ0) is 14.6. The van der Waals surface area contributed by atoms with Crippen molar-refractivity contribution in [2.75, 3.05) is 6.54 Å². The fraction of sp³-hybridized carbons (Fsp3) is 0.467. The van der Waals surface area contributed by atoms with Gasteiger partial charge in [-0.15, -0.1) is 11.3 Å². The molecule has 0 aliphatic heterocycles. The summed E-state index contributed by atoms with van der Waals surface area (Å²) in [6, 6.07) is 3.91. The molecule has 1 amide bonds. The smallest absolute Gasteiger partial charge is 0.250 e. The first-order chi connectivity index (χ1) is 9.72. The first kappa shape index (κ1) is 16.9. The molecule has 0 spiro atoms. The summed E-state index contributed by atoms with van der Waals surface area (Å²) in [7, 11) is 0. The second-order valence-corrected chi connectivity index (χ2v) is 5.90. The summed E-state index contributed by atoms with van der Waals surface area (Å²) >= 11 is 6.66. The maximum atomic E-state index is 11.6. The van der Waals surface area contributed by atoms with E-state index in [4.69, 9.17) is 12.2 Å². The average Bonchev–Trinajstić information content (AvgIpc) is 2.93. The lowest BCUT2D eigenvalue weighted by Gasteiger charge is -2.07. The van der Waals surface area contributed by atoms with Gasteiger partial charge in [-0.3, -0.25) is 10.1 Å². The van der Waals surface area contributed by atoms with Gasteiger partial charge in [-0.2, -0.15) is 0 Å². The summed E-state index contributed by atoms with van der Waals surface area (Å²) in [5, 5.41) is 8.07. The van der Waals surface area contributed by atoms with E-state index in [-0.39, 0.29) is 5.91 Å². The number of thiophene rings is 1. The Kier molecular flexibility index (Phi) is 8.91. The Balaban J connectivity index is 2.10. The number of carbonyl (C=O) groups excluding carboxylic acids is 1. The second-order valence-electron chi connectivity index (χ2n) is 4.51. The predicted molar refractivity (Wildman–Crippen MR) is 90.9 cm³/mol. The van der Waals surface area contributed by atoms with E-state index < -0.39 is 0 Å². The molecule has 0 unspecified atom stereocenters. The molecule has 0 atom stereocenters. The van der Waals surface area contributed by atoms with Gasteiger partial charge >= 0.3 is 0 Å². The van der Waals surface area contributed by atoms with Crippen molar-refractivity contribution < 1.29 is 4.79 Å². The molecule has 0 saturated carbocycles. The fourth-order valence-corrected chi connectivity index (χ4v) is 2.49. The van der Waals surface area contributed by atoms with Crippen LogP contribution in [0.15, 0.2) is 23.6 Å². The number of amides is 1. The molecule has 0 aromatic carbocycles. The normalized spacial score (nSPS) is 10.7. The zero-order valence-corrected chi connectivity index (χ0v) is 13.5. The Morgan fingerprint density at radius 1 is 1.35 bits per heavy atom. The lowest BCUT2D eigenvalue weighted by molar-refractivity contribution is -0.115. The van der Waals surface area contributed by atoms with Crippen molar-refractivity contribution in [2.24, 2.45) is 0 Å². The highest BCUT2D eigenvalue weighted by atomic mass is 32.1. The lowest BCUT2D eigenvalue weighted by Crippen LogP contribution is -2.38. The van der Waals surface area contributed by atoms with Gasteiger partial charge in [0.2, 0.25) is 5.91 Å². The highest BCUT2D eigenvalue weighted by molar-refractivity contribution is 7.80. The molecule has 1 aromatic heterocycles. The highest BCUT2D eigenvalue weighted by Crippen LogP contribution is 2.09. The van der Waals surface area contributed by atoms with Gasteiger partial charge in [0.05, 0.1) is 0 Å². The summed E-state index contributed by atoms with van der Waals surface area (Å²) < 4.78 is 0. The minimum absolute atomic E-state index is 0.193. The van der Waals surface area contributed by atoms with E-state index in [0.29, 0.717) is 5.11 Å². The fourth-order valence-electron chi connectivity index (χ4n) is 1.67. The molecule has 1 rings (SSSR count). The van der Waals surface area contributed by atoms with Crippen molar-refractivity contribution in [2.45, 2.75) is 39.0 Å². The molecule has 5 heteroatoms. The first-order valence-corrected chi connectivity index (χ1v) is 8.31. The second kappa shape index (κ2) is 10.6. The van der Waals surface area contributed by atoms with Crippen LogP contribution in [-0.2, 0) is 4.79 Å². The van der Waals surface area contributed by atoms with Gasteiger partial charge in [-0.1, -0.05) is 38.7 Å². The quantitative estimate of drug-likeness (QED) is 0.437. The van der Waals surface area contributed by atoms with Crippen molar-refractivity contribution in [3.05, 3.63) is 28.5 Å². The van der Waals surface area contributed by atoms with E-state index >= 15 is 0 Å². The first-order valence-electron chi connectivity index (χ1n) is 7.02. The maximum absolute atomic E-state index is 11.6. The van der Waals surface area contributed by atoms with Crippen LogP contribution in [0.5, 0.6) is 0 Å². The topological polar surface area (TPSA) is 41.1 Å². The third kappa shape index (κ3) is 8.07. The molecule has 2 N–H and O–H groups in total. The largest absolute Gasteiger partial charge is 0.362 e. The van der Waals surface area contributed by atoms with Gasteiger partial charge in [-0.05, 0) is 36.2 Å². The van der Waals surface area contributed by atoms with Crippen molar-refractivity contribution in [3.8, 4) is 0 Å². The molecule has 0 radical (unpaired) electrons. The molecule has 0 bridgehead atoms. The van der Waals surface area contributed by atoms with E-state index in [0.717, 1.165) is 17.8 Å². The molecule has 0 saturated heterocycles. The number of nitrogens with one attached hydrogen (secondary N) is 2. The zero-order valence-electron chi connectivity index (χ0n) is 11.9. The molecule has 110 valence electrons. The Morgan fingerprint density at radius 3 is 2.85 bits per heavy atom. The third-order valence-corrected chi connectivity index (χ3v) is 3.83. The Labute approximate surface area is 130 Å². The highest BCUT2D eigenvalue weighted by Gasteiger charge is 2.00. The Bertz CT molecular complexity index is 427. The van der Waals surface area contributed by atoms with Crippen LogP contribution in [0.25, 0.3) is 6.08 Å². The van der Waals surface area contributed by atoms with Crippen LogP contribution in [0, 0.1) is 0 Å². The number of unbranched alkanes of at least 4 members (excludes halogenated alkanes) is 4. The summed E-state index contributed by atoms with van der Waals surface area (Å²) in [6.07, 6.45) is 9.37. The summed E-state index contributed by atoms with van der Waals surface area (Å²) in [6.45, 7) is 3.02. The van der Waals surface area contributed by atoms with Gasteiger partial charge in [0, 0.05) is 17.5 Å². The van der Waals surface area contributed by atoms with Crippen LogP contribution in [0.1, 0.15) is 43.9 Å². The van der Waals surface area contributed by atoms with E-state index in [1.54, 1.807) is 17.4 Å². The number of thiocarbonyl (C=S) groups is 1. The number of carbonyl (C=O) groups is 1. The Hall–Kier alpha value is -1.20. The monoisotopic (exact) mass is 310 g/mol. The van der Waals surface area contributed by atoms with Crippen molar-refractivity contribution in [3.63, 3.8) is 0 Å². The summed E-state index contributed by atoms with van der Waals surface area (Å²) in [5.74, 6) is -0.193. The van der Waals surface area contributed by atoms with E-state index in [1.807, 2.05) is 17.5 Å². The minimum Gasteiger partial charge on any atom is -0.362 e. The standard InChI is InChI=1S/C15H22N2OS2/c1-2-3-4-5-6-11-16-15(19)17-14(18)10-9-13-8-7-12-20-13/h7-10,12H,2-6,11H2,1H3,(H2,16,17,18,19)/b10-9+. The van der Waals surface area contributed by atoms with Crippen LogP contribution in [0.4, 0.5) is 0 Å². The van der Waals surface area contributed by atoms with Crippen LogP contribution in [0.3, 0.4) is 0 Å². The lowest BCUT2D eigenvalue weighted by atomic mass is 10.1. The van der Waals surface area contributed by atoms with Crippen LogP contribution >= 0.6 is 23.6 Å². The van der Waals surface area contributed by atoms with Gasteiger partial charge in [0.25, 0.3) is 0 Å². The number of hydrogen-bond acceptors (Lipinski definition) is 3. The van der Waals surface area contributed by atoms with Gasteiger partial charge < -0.3 is 5.32 Å². The van der Waals surface area contributed by atoms with Gasteiger partial charge in [0.15, 0.2) is 5.11 Å². The minimum atomic E-state index is -0.193. The Morgan fingerprint density at radius 2 is 2.15 bits per heavy atom. The number of rotatable bonds is 8. The van der Waals surface area contributed by atoms with Gasteiger partial charge in [-0.25, -0.2) is 0 Å². The molecule has 1 aromatic rings. The van der Waals surface area contributed by atoms with Crippen molar-refractivity contribution in [1.29, 1.82) is 0 Å². The van der Waals surface area contributed by atoms with Crippen LogP contribution in [0.2, 0.25) is 0 Å². The van der Waals surface area contributed by atoms with Crippen LogP contribution < -0.4 is 10.6 Å². The van der Waals surface area contributed by atoms with Crippen LogP contribution in [-0.4, -0.2) is 17.6 Å². The molecule has 0 aliphatic rings. The molecule has 3 nitrogen and oxygen atoms in total. The third-order valence-electron chi connectivity index (χ3n) is 2.74. The number of hydrogen-bond donors (Lipinski definition) is 2. The van der Waals surface area contributed by atoms with E-state index in [2.05, 4.69) is 17.6 Å². The summed E-state index contributed by atoms with van der Waals surface area (Å²) in [4.78, 5) is 12.7. The predicted octanol–water partition coefficient (Wildman–Crippen LogP) is 3.72. The molecular weight excluding hydrogens is 288 g/mol. The maximum Gasteiger partial charge on any atom is 0.250 e. The summed E-state index contributed by atoms with van der Waals surface area (Å²) in [5.41, 5.74) is 0. The average molecular weight is 310 g/mol. The molecule has 0 fully saturated rings. The van der Waals surface area contributed by atoms with Gasteiger partial charge in [0.1, 0.15) is 0 Å². The molecule has 0 aliphatic carbocycles. The SMILES string of the molecule is CCCCCCCNC(=S)NC(=O)/C=C/c1cccs1. The van der Waals surface area contributed by atoms with Crippen molar-refractivity contribution in [1.82, 2.24) is 10.6 Å². The van der Waals surface area contributed by atoms with Crippen molar-refractivity contribution >= 4 is 40.7 Å². The van der Waals surface area contributed by atoms with E-state index in [9.17, 15) is 4.79 Å². The molecular formula is C15H22N2OS2.